The molecule has 22 heavy (non-hydrogen) atoms. The van der Waals surface area contributed by atoms with Gasteiger partial charge in [0.25, 0.3) is 5.56 Å². The number of aryl methyl sites for hydroxylation is 1. The molecule has 0 aliphatic carbocycles. The number of H-pyrrole nitrogens is 1. The lowest BCUT2D eigenvalue weighted by atomic mass is 10.1. The molecule has 0 spiro atoms. The zero-order valence-corrected chi connectivity index (χ0v) is 13.4. The second kappa shape index (κ2) is 5.38. The molecule has 0 unspecified atom stereocenters. The van der Waals surface area contributed by atoms with Crippen molar-refractivity contribution >= 4 is 40.1 Å². The van der Waals surface area contributed by atoms with Crippen LogP contribution in [0.15, 0.2) is 35.3 Å². The highest BCUT2D eigenvalue weighted by molar-refractivity contribution is 7.71. The summed E-state index contributed by atoms with van der Waals surface area (Å²) in [5.74, 6) is 0. The predicted octanol–water partition coefficient (Wildman–Crippen LogP) is 2.68. The van der Waals surface area contributed by atoms with Gasteiger partial charge in [0.2, 0.25) is 0 Å². The lowest BCUT2D eigenvalue weighted by Crippen LogP contribution is -2.19. The topological polar surface area (TPSA) is 53.9 Å². The van der Waals surface area contributed by atoms with Crippen LogP contribution in [0.4, 0.5) is 0 Å². The fourth-order valence-electron chi connectivity index (χ4n) is 2.49. The van der Waals surface area contributed by atoms with E-state index >= 15 is 0 Å². The van der Waals surface area contributed by atoms with E-state index in [2.05, 4.69) is 9.97 Å². The Balaban J connectivity index is 2.55. The molecule has 0 saturated carbocycles. The minimum Gasteiger partial charge on any atom is -0.383 e. The first-order chi connectivity index (χ1) is 10.5. The largest absolute Gasteiger partial charge is 0.383 e. The van der Waals surface area contributed by atoms with Gasteiger partial charge in [-0.3, -0.25) is 4.79 Å². The Hall–Kier alpha value is -2.47. The van der Waals surface area contributed by atoms with E-state index in [9.17, 15) is 4.79 Å². The summed E-state index contributed by atoms with van der Waals surface area (Å²) in [5.41, 5.74) is 2.07. The number of benzene rings is 1. The Labute approximate surface area is 132 Å². The molecule has 0 aliphatic heterocycles. The van der Waals surface area contributed by atoms with E-state index in [0.717, 1.165) is 10.9 Å². The molecule has 112 valence electrons. The van der Waals surface area contributed by atoms with E-state index in [4.69, 9.17) is 12.2 Å². The van der Waals surface area contributed by atoms with Gasteiger partial charge in [-0.1, -0.05) is 18.2 Å². The highest BCUT2D eigenvalue weighted by Gasteiger charge is 2.12. The van der Waals surface area contributed by atoms with Crippen LogP contribution in [-0.2, 0) is 7.05 Å². The maximum absolute atomic E-state index is 12.7. The van der Waals surface area contributed by atoms with Gasteiger partial charge in [-0.25, -0.2) is 4.98 Å². The Morgan fingerprint density at radius 2 is 2.05 bits per heavy atom. The molecule has 5 nitrogen and oxygen atoms in total. The molecule has 6 heteroatoms. The molecule has 0 saturated heterocycles. The molecule has 3 rings (SSSR count). The molecule has 1 N–H and O–H groups in total. The minimum absolute atomic E-state index is 0.0918. The number of aromatic nitrogens is 3. The maximum Gasteiger partial charge on any atom is 0.262 e. The molecule has 0 aliphatic rings. The van der Waals surface area contributed by atoms with E-state index < -0.39 is 0 Å². The van der Waals surface area contributed by atoms with Gasteiger partial charge in [-0.05, 0) is 24.4 Å². The first-order valence-electron chi connectivity index (χ1n) is 6.85. The summed E-state index contributed by atoms with van der Waals surface area (Å²) in [7, 11) is 5.61. The Morgan fingerprint density at radius 3 is 2.77 bits per heavy atom. The van der Waals surface area contributed by atoms with Gasteiger partial charge < -0.3 is 14.5 Å². The van der Waals surface area contributed by atoms with Gasteiger partial charge in [-0.2, -0.15) is 0 Å². The van der Waals surface area contributed by atoms with Crippen LogP contribution in [0.2, 0.25) is 0 Å². The second-order valence-corrected chi connectivity index (χ2v) is 5.73. The van der Waals surface area contributed by atoms with Crippen molar-refractivity contribution in [3.05, 3.63) is 51.3 Å². The van der Waals surface area contributed by atoms with E-state index in [1.165, 1.54) is 0 Å². The molecule has 0 fully saturated rings. The Bertz CT molecular complexity index is 1010. The molecule has 2 heterocycles. The number of pyridine rings is 1. The number of hydrogen-bond acceptors (Lipinski definition) is 4. The van der Waals surface area contributed by atoms with Crippen LogP contribution in [0.5, 0.6) is 0 Å². The Kier molecular flexibility index (Phi) is 3.54. The number of fused-ring (bicyclic) bond motifs is 3. The average molecular weight is 312 g/mol. The lowest BCUT2D eigenvalue weighted by Gasteiger charge is -2.10. The van der Waals surface area contributed by atoms with E-state index in [1.807, 2.05) is 55.5 Å². The van der Waals surface area contributed by atoms with Crippen molar-refractivity contribution in [3.8, 4) is 0 Å². The summed E-state index contributed by atoms with van der Waals surface area (Å²) in [6.07, 6.45) is 3.71. The van der Waals surface area contributed by atoms with Gasteiger partial charge in [0, 0.05) is 32.7 Å². The highest BCUT2D eigenvalue weighted by atomic mass is 32.1. The van der Waals surface area contributed by atoms with Crippen molar-refractivity contribution in [2.45, 2.75) is 0 Å². The molecule has 0 bridgehead atoms. The first-order valence-corrected chi connectivity index (χ1v) is 7.26. The van der Waals surface area contributed by atoms with E-state index in [0.29, 0.717) is 21.4 Å². The minimum atomic E-state index is -0.0918. The SMILES string of the molecule is CN(C)/C=C/c1[nH]c(=S)nc2c1c(=O)n(C)c1ccccc21. The number of nitrogens with zero attached hydrogens (tertiary/aromatic N) is 3. The maximum atomic E-state index is 12.7. The van der Waals surface area contributed by atoms with Crippen molar-refractivity contribution in [1.82, 2.24) is 19.4 Å². The predicted molar refractivity (Wildman–Crippen MR) is 92.4 cm³/mol. The second-order valence-electron chi connectivity index (χ2n) is 5.34. The summed E-state index contributed by atoms with van der Waals surface area (Å²) < 4.78 is 2.01. The Morgan fingerprint density at radius 1 is 1.32 bits per heavy atom. The van der Waals surface area contributed by atoms with Crippen molar-refractivity contribution in [3.63, 3.8) is 0 Å². The van der Waals surface area contributed by atoms with Gasteiger partial charge in [0.1, 0.15) is 0 Å². The third-order valence-corrected chi connectivity index (χ3v) is 3.73. The summed E-state index contributed by atoms with van der Waals surface area (Å²) in [6.45, 7) is 0. The number of rotatable bonds is 2. The van der Waals surface area contributed by atoms with Gasteiger partial charge in [0.15, 0.2) is 4.77 Å². The van der Waals surface area contributed by atoms with Crippen LogP contribution >= 0.6 is 12.2 Å². The number of para-hydroxylation sites is 1. The molecule has 0 amide bonds. The highest BCUT2D eigenvalue weighted by Crippen LogP contribution is 2.22. The molecule has 3 aromatic rings. The van der Waals surface area contributed by atoms with E-state index in [-0.39, 0.29) is 5.56 Å². The molecule has 2 aromatic heterocycles. The third kappa shape index (κ3) is 2.31. The normalized spacial score (nSPS) is 11.6. The zero-order valence-electron chi connectivity index (χ0n) is 12.6. The average Bonchev–Trinajstić information content (AvgIpc) is 2.50. The summed E-state index contributed by atoms with van der Waals surface area (Å²) in [4.78, 5) is 22.0. The fraction of sp³-hybridized carbons (Fsp3) is 0.188. The van der Waals surface area contributed by atoms with Crippen molar-refractivity contribution in [2.75, 3.05) is 14.1 Å². The molecule has 0 atom stereocenters. The quantitative estimate of drug-likeness (QED) is 0.584. The van der Waals surface area contributed by atoms with Crippen molar-refractivity contribution < 1.29 is 0 Å². The monoisotopic (exact) mass is 312 g/mol. The van der Waals surface area contributed by atoms with Gasteiger partial charge in [0.05, 0.1) is 22.1 Å². The number of hydrogen-bond donors (Lipinski definition) is 1. The summed E-state index contributed by atoms with van der Waals surface area (Å²) >= 11 is 5.22. The standard InChI is InChI=1S/C16H16N4OS/c1-19(2)9-8-11-13-14(18-16(22)17-11)10-6-4-5-7-12(10)20(3)15(13)21/h4-9H,1-3H3,(H,17,18,22)/b9-8+. The lowest BCUT2D eigenvalue weighted by molar-refractivity contribution is 0.567. The van der Waals surface area contributed by atoms with Crippen LogP contribution in [0, 0.1) is 4.77 Å². The van der Waals surface area contributed by atoms with Crippen LogP contribution in [-0.4, -0.2) is 33.5 Å². The molecular weight excluding hydrogens is 296 g/mol. The number of aromatic amines is 1. The van der Waals surface area contributed by atoms with Crippen molar-refractivity contribution in [2.24, 2.45) is 7.05 Å². The first kappa shape index (κ1) is 14.5. The van der Waals surface area contributed by atoms with Crippen LogP contribution < -0.4 is 5.56 Å². The summed E-state index contributed by atoms with van der Waals surface area (Å²) in [6, 6.07) is 7.71. The van der Waals surface area contributed by atoms with Crippen LogP contribution in [0.25, 0.3) is 27.9 Å². The van der Waals surface area contributed by atoms with Crippen LogP contribution in [0.3, 0.4) is 0 Å². The van der Waals surface area contributed by atoms with Crippen molar-refractivity contribution in [1.29, 1.82) is 0 Å². The van der Waals surface area contributed by atoms with Gasteiger partial charge in [-0.15, -0.1) is 0 Å². The van der Waals surface area contributed by atoms with E-state index in [1.54, 1.807) is 11.6 Å². The summed E-state index contributed by atoms with van der Waals surface area (Å²) in [5, 5.41) is 1.46. The van der Waals surface area contributed by atoms with Gasteiger partial charge >= 0.3 is 0 Å². The third-order valence-electron chi connectivity index (χ3n) is 3.54. The molecular formula is C16H16N4OS. The molecule has 1 aromatic carbocycles. The van der Waals surface area contributed by atoms with Crippen LogP contribution in [0.1, 0.15) is 5.69 Å². The molecule has 0 radical (unpaired) electrons. The fourth-order valence-corrected chi connectivity index (χ4v) is 2.70. The smallest absolute Gasteiger partial charge is 0.262 e. The number of nitrogens with one attached hydrogen (secondary N) is 1. The zero-order chi connectivity index (χ0) is 15.9.